The Morgan fingerprint density at radius 2 is 1.88 bits per heavy atom. The fraction of sp³-hybridized carbons (Fsp3) is 0.217. The van der Waals surface area contributed by atoms with E-state index in [1.54, 1.807) is 50.6 Å². The van der Waals surface area contributed by atoms with Gasteiger partial charge < -0.3 is 23.7 Å². The van der Waals surface area contributed by atoms with Crippen LogP contribution in [0.1, 0.15) is 17.9 Å². The van der Waals surface area contributed by atoms with Gasteiger partial charge in [0.05, 0.1) is 14.2 Å². The zero-order chi connectivity index (χ0) is 22.7. The van der Waals surface area contributed by atoms with Gasteiger partial charge >= 0.3 is 5.63 Å². The number of aryl methyl sites for hydroxylation is 2. The van der Waals surface area contributed by atoms with Crippen molar-refractivity contribution in [3.05, 3.63) is 64.3 Å². The molecule has 1 N–H and O–H groups in total. The minimum absolute atomic E-state index is 0.142. The van der Waals surface area contributed by atoms with Crippen LogP contribution in [0.2, 0.25) is 0 Å². The van der Waals surface area contributed by atoms with Crippen molar-refractivity contribution in [2.24, 2.45) is 0 Å². The van der Waals surface area contributed by atoms with Crippen molar-refractivity contribution >= 4 is 22.6 Å². The van der Waals surface area contributed by atoms with Crippen LogP contribution >= 0.6 is 0 Å². The highest BCUT2D eigenvalue weighted by Gasteiger charge is 2.14. The van der Waals surface area contributed by atoms with Crippen molar-refractivity contribution in [1.29, 1.82) is 0 Å². The van der Waals surface area contributed by atoms with Crippen LogP contribution in [0.15, 0.2) is 56.2 Å². The van der Waals surface area contributed by atoms with Crippen LogP contribution in [0, 0.1) is 6.92 Å². The number of methoxy groups -OCH3 is 2. The summed E-state index contributed by atoms with van der Waals surface area (Å²) < 4.78 is 21.0. The molecular weight excluding hydrogens is 414 g/mol. The molecule has 4 rings (SSSR count). The van der Waals surface area contributed by atoms with Crippen molar-refractivity contribution < 1.29 is 23.2 Å². The van der Waals surface area contributed by atoms with Crippen LogP contribution in [-0.2, 0) is 11.2 Å². The lowest BCUT2D eigenvalue weighted by Gasteiger charge is -2.07. The highest BCUT2D eigenvalue weighted by Crippen LogP contribution is 2.31. The Balaban J connectivity index is 1.40. The summed E-state index contributed by atoms with van der Waals surface area (Å²) in [6.45, 7) is 1.83. The molecule has 1 amide bonds. The predicted octanol–water partition coefficient (Wildman–Crippen LogP) is 3.74. The van der Waals surface area contributed by atoms with Gasteiger partial charge in [0.2, 0.25) is 17.6 Å². The first-order valence-electron chi connectivity index (χ1n) is 9.86. The number of carbonyl (C=O) groups excluding carboxylic acids is 1. The summed E-state index contributed by atoms with van der Waals surface area (Å²) in [6.07, 6.45) is 0.414. The standard InChI is InChI=1S/C23H21N3O6/c1-13-10-22(28)31-18-12-15(5-6-16(13)18)24-20(27)8-9-21-25-23(26-32-21)14-4-7-17(29-2)19(11-14)30-3/h4-7,10-12H,8-9H2,1-3H3,(H,24,27). The first-order chi connectivity index (χ1) is 15.5. The number of hydrogen-bond acceptors (Lipinski definition) is 8. The van der Waals surface area contributed by atoms with Crippen LogP contribution in [0.3, 0.4) is 0 Å². The highest BCUT2D eigenvalue weighted by atomic mass is 16.5. The first kappa shape index (κ1) is 21.1. The lowest BCUT2D eigenvalue weighted by Crippen LogP contribution is -2.12. The average molecular weight is 435 g/mol. The second-order valence-electron chi connectivity index (χ2n) is 7.09. The third kappa shape index (κ3) is 4.46. The number of aromatic nitrogens is 2. The van der Waals surface area contributed by atoms with Gasteiger partial charge in [-0.15, -0.1) is 0 Å². The molecule has 9 nitrogen and oxygen atoms in total. The maximum atomic E-state index is 12.4. The topological polar surface area (TPSA) is 117 Å². The number of hydrogen-bond donors (Lipinski definition) is 1. The van der Waals surface area contributed by atoms with Gasteiger partial charge in [-0.05, 0) is 42.8 Å². The molecule has 2 aromatic carbocycles. The Bertz CT molecular complexity index is 1340. The summed E-state index contributed by atoms with van der Waals surface area (Å²) in [4.78, 5) is 28.3. The molecule has 2 aromatic heterocycles. The van der Waals surface area contributed by atoms with Gasteiger partial charge in [0, 0.05) is 41.6 Å². The predicted molar refractivity (Wildman–Crippen MR) is 117 cm³/mol. The van der Waals surface area contributed by atoms with Gasteiger partial charge in [-0.3, -0.25) is 4.79 Å². The summed E-state index contributed by atoms with van der Waals surface area (Å²) in [7, 11) is 3.11. The molecule has 0 aliphatic carbocycles. The lowest BCUT2D eigenvalue weighted by molar-refractivity contribution is -0.116. The van der Waals surface area contributed by atoms with Gasteiger partial charge in [0.25, 0.3) is 0 Å². The fourth-order valence-corrected chi connectivity index (χ4v) is 3.30. The van der Waals surface area contributed by atoms with Crippen molar-refractivity contribution in [3.8, 4) is 22.9 Å². The Morgan fingerprint density at radius 3 is 2.66 bits per heavy atom. The first-order valence-corrected chi connectivity index (χ1v) is 9.86. The molecule has 0 spiro atoms. The molecule has 0 saturated carbocycles. The number of fused-ring (bicyclic) bond motifs is 1. The van der Waals surface area contributed by atoms with E-state index < -0.39 is 5.63 Å². The molecule has 164 valence electrons. The smallest absolute Gasteiger partial charge is 0.336 e. The van der Waals surface area contributed by atoms with Crippen LogP contribution in [0.5, 0.6) is 11.5 Å². The Labute approximate surface area is 183 Å². The maximum Gasteiger partial charge on any atom is 0.336 e. The van der Waals surface area contributed by atoms with Gasteiger partial charge in [-0.1, -0.05) is 5.16 Å². The number of amides is 1. The second kappa shape index (κ2) is 8.93. The van der Waals surface area contributed by atoms with Crippen LogP contribution in [0.25, 0.3) is 22.4 Å². The number of benzene rings is 2. The van der Waals surface area contributed by atoms with Crippen molar-refractivity contribution in [3.63, 3.8) is 0 Å². The number of nitrogens with zero attached hydrogens (tertiary/aromatic N) is 2. The van der Waals surface area contributed by atoms with E-state index in [0.717, 1.165) is 10.9 Å². The fourth-order valence-electron chi connectivity index (χ4n) is 3.30. The summed E-state index contributed by atoms with van der Waals surface area (Å²) >= 11 is 0. The van der Waals surface area contributed by atoms with Crippen LogP contribution in [0.4, 0.5) is 5.69 Å². The molecule has 0 radical (unpaired) electrons. The molecule has 0 aliphatic heterocycles. The number of carbonyl (C=O) groups is 1. The number of nitrogens with one attached hydrogen (secondary N) is 1. The normalized spacial score (nSPS) is 10.8. The Hall–Kier alpha value is -4.14. The van der Waals surface area contributed by atoms with Gasteiger partial charge in [-0.25, -0.2) is 4.79 Å². The van der Waals surface area contributed by atoms with E-state index in [9.17, 15) is 9.59 Å². The zero-order valence-electron chi connectivity index (χ0n) is 17.8. The van der Waals surface area contributed by atoms with Crippen LogP contribution < -0.4 is 20.4 Å². The SMILES string of the molecule is COc1ccc(-c2noc(CCC(=O)Nc3ccc4c(C)cc(=O)oc4c3)n2)cc1OC. The lowest BCUT2D eigenvalue weighted by atomic mass is 10.1. The highest BCUT2D eigenvalue weighted by molar-refractivity contribution is 5.93. The average Bonchev–Trinajstić information content (AvgIpc) is 3.26. The molecule has 9 heteroatoms. The molecule has 0 fully saturated rings. The minimum atomic E-state index is -0.430. The van der Waals surface area contributed by atoms with Crippen molar-refractivity contribution in [1.82, 2.24) is 10.1 Å². The maximum absolute atomic E-state index is 12.4. The Morgan fingerprint density at radius 1 is 1.06 bits per heavy atom. The molecule has 0 atom stereocenters. The summed E-state index contributed by atoms with van der Waals surface area (Å²) in [5, 5.41) is 7.58. The molecule has 4 aromatic rings. The summed E-state index contributed by atoms with van der Waals surface area (Å²) in [6, 6.07) is 11.9. The molecule has 32 heavy (non-hydrogen) atoms. The summed E-state index contributed by atoms with van der Waals surface area (Å²) in [5.74, 6) is 1.65. The number of anilines is 1. The molecule has 0 unspecified atom stereocenters. The molecule has 0 bridgehead atoms. The summed E-state index contributed by atoms with van der Waals surface area (Å²) in [5.41, 5.74) is 2.04. The van der Waals surface area contributed by atoms with E-state index in [1.807, 2.05) is 6.92 Å². The minimum Gasteiger partial charge on any atom is -0.493 e. The van der Waals surface area contributed by atoms with E-state index >= 15 is 0 Å². The molecule has 0 saturated heterocycles. The Kier molecular flexibility index (Phi) is 5.89. The van der Waals surface area contributed by atoms with Crippen LogP contribution in [-0.4, -0.2) is 30.3 Å². The van der Waals surface area contributed by atoms with E-state index in [1.165, 1.54) is 6.07 Å². The molecular formula is C23H21N3O6. The van der Waals surface area contributed by atoms with Crippen molar-refractivity contribution in [2.75, 3.05) is 19.5 Å². The van der Waals surface area contributed by atoms with E-state index in [4.69, 9.17) is 18.4 Å². The molecule has 2 heterocycles. The third-order valence-corrected chi connectivity index (χ3v) is 4.91. The van der Waals surface area contributed by atoms with E-state index in [-0.39, 0.29) is 18.7 Å². The molecule has 0 aliphatic rings. The number of ether oxygens (including phenoxy) is 2. The quantitative estimate of drug-likeness (QED) is 0.436. The second-order valence-corrected chi connectivity index (χ2v) is 7.09. The zero-order valence-corrected chi connectivity index (χ0v) is 17.8. The van der Waals surface area contributed by atoms with Gasteiger partial charge in [0.1, 0.15) is 5.58 Å². The third-order valence-electron chi connectivity index (χ3n) is 4.91. The largest absolute Gasteiger partial charge is 0.493 e. The monoisotopic (exact) mass is 435 g/mol. The number of rotatable bonds is 7. The van der Waals surface area contributed by atoms with E-state index in [2.05, 4.69) is 15.5 Å². The van der Waals surface area contributed by atoms with Gasteiger partial charge in [-0.2, -0.15) is 4.98 Å². The van der Waals surface area contributed by atoms with Crippen molar-refractivity contribution in [2.45, 2.75) is 19.8 Å². The van der Waals surface area contributed by atoms with Gasteiger partial charge in [0.15, 0.2) is 11.5 Å². The van der Waals surface area contributed by atoms with E-state index in [0.29, 0.717) is 40.0 Å².